The quantitative estimate of drug-likeness (QED) is 0.898. The molecule has 19 heavy (non-hydrogen) atoms. The molecule has 1 aromatic heterocycles. The first-order valence-electron chi connectivity index (χ1n) is 5.72. The highest BCUT2D eigenvalue weighted by Crippen LogP contribution is 2.18. The third-order valence-electron chi connectivity index (χ3n) is 2.42. The molecule has 1 heterocycles. The highest BCUT2D eigenvalue weighted by Gasteiger charge is 2.09. The largest absolute Gasteiger partial charge is 0.477 e. The van der Waals surface area contributed by atoms with Crippen molar-refractivity contribution in [3.8, 4) is 0 Å². The van der Waals surface area contributed by atoms with E-state index >= 15 is 0 Å². The predicted molar refractivity (Wildman–Crippen MR) is 73.1 cm³/mol. The van der Waals surface area contributed by atoms with Crippen molar-refractivity contribution in [1.82, 2.24) is 9.97 Å². The fraction of sp³-hybridized carbons (Fsp3) is 0.154. The average molecular weight is 278 g/mol. The van der Waals surface area contributed by atoms with Gasteiger partial charge in [0, 0.05) is 23.2 Å². The summed E-state index contributed by atoms with van der Waals surface area (Å²) in [5, 5.41) is 12.7. The second-order valence-electron chi connectivity index (χ2n) is 3.85. The Morgan fingerprint density at radius 2 is 2.00 bits per heavy atom. The highest BCUT2D eigenvalue weighted by atomic mass is 35.5. The van der Waals surface area contributed by atoms with Crippen molar-refractivity contribution in [2.75, 3.05) is 5.32 Å². The molecule has 6 heteroatoms. The SMILES string of the molecule is CCc1nc(Nc2ccc(Cl)cc2)cc(C(=O)O)n1. The summed E-state index contributed by atoms with van der Waals surface area (Å²) >= 11 is 5.80. The van der Waals surface area contributed by atoms with E-state index in [0.29, 0.717) is 23.1 Å². The Labute approximate surface area is 115 Å². The second kappa shape index (κ2) is 5.67. The predicted octanol–water partition coefficient (Wildman–Crippen LogP) is 3.13. The number of hydrogen-bond acceptors (Lipinski definition) is 4. The minimum atomic E-state index is -1.07. The first-order chi connectivity index (χ1) is 9.08. The number of nitrogens with zero attached hydrogens (tertiary/aromatic N) is 2. The molecule has 0 fully saturated rings. The molecule has 2 rings (SSSR count). The van der Waals surface area contributed by atoms with Crippen molar-refractivity contribution in [2.24, 2.45) is 0 Å². The molecule has 2 aromatic rings. The lowest BCUT2D eigenvalue weighted by Crippen LogP contribution is -2.07. The number of carboxylic acids is 1. The summed E-state index contributed by atoms with van der Waals surface area (Å²) in [5.74, 6) is -0.140. The highest BCUT2D eigenvalue weighted by molar-refractivity contribution is 6.30. The zero-order chi connectivity index (χ0) is 13.8. The lowest BCUT2D eigenvalue weighted by atomic mass is 10.3. The lowest BCUT2D eigenvalue weighted by Gasteiger charge is -2.08. The molecule has 0 aliphatic rings. The van der Waals surface area contributed by atoms with Crippen molar-refractivity contribution in [3.05, 3.63) is 46.9 Å². The smallest absolute Gasteiger partial charge is 0.354 e. The first kappa shape index (κ1) is 13.3. The number of carboxylic acid groups (broad SMARTS) is 1. The van der Waals surface area contributed by atoms with Crippen molar-refractivity contribution in [3.63, 3.8) is 0 Å². The third-order valence-corrected chi connectivity index (χ3v) is 2.68. The zero-order valence-electron chi connectivity index (χ0n) is 10.2. The number of anilines is 2. The van der Waals surface area contributed by atoms with Crippen LogP contribution >= 0.6 is 11.6 Å². The number of carbonyl (C=O) groups is 1. The number of aryl methyl sites for hydroxylation is 1. The van der Waals surface area contributed by atoms with E-state index in [2.05, 4.69) is 15.3 Å². The van der Waals surface area contributed by atoms with Gasteiger partial charge in [0.1, 0.15) is 11.6 Å². The van der Waals surface area contributed by atoms with E-state index in [1.807, 2.05) is 6.92 Å². The maximum absolute atomic E-state index is 11.0. The van der Waals surface area contributed by atoms with Gasteiger partial charge in [-0.05, 0) is 24.3 Å². The van der Waals surface area contributed by atoms with Crippen LogP contribution < -0.4 is 5.32 Å². The number of rotatable bonds is 4. The normalized spacial score (nSPS) is 10.2. The van der Waals surface area contributed by atoms with Crippen LogP contribution in [0.2, 0.25) is 5.02 Å². The van der Waals surface area contributed by atoms with Crippen molar-refractivity contribution in [2.45, 2.75) is 13.3 Å². The summed E-state index contributed by atoms with van der Waals surface area (Å²) < 4.78 is 0. The number of aromatic carboxylic acids is 1. The van der Waals surface area contributed by atoms with Crippen LogP contribution in [0.25, 0.3) is 0 Å². The van der Waals surface area contributed by atoms with E-state index in [4.69, 9.17) is 16.7 Å². The molecule has 1 aromatic carbocycles. The minimum Gasteiger partial charge on any atom is -0.477 e. The van der Waals surface area contributed by atoms with E-state index in [-0.39, 0.29) is 5.69 Å². The molecule has 0 spiro atoms. The molecule has 0 amide bonds. The first-order valence-corrected chi connectivity index (χ1v) is 6.10. The third kappa shape index (κ3) is 3.42. The molecular formula is C13H12ClN3O2. The standard InChI is InChI=1S/C13H12ClN3O2/c1-2-11-16-10(13(18)19)7-12(17-11)15-9-5-3-8(14)4-6-9/h3-7H,2H2,1H3,(H,18,19)(H,15,16,17). The summed E-state index contributed by atoms with van der Waals surface area (Å²) in [6, 6.07) is 8.46. The van der Waals surface area contributed by atoms with Crippen LogP contribution in [-0.4, -0.2) is 21.0 Å². The maximum Gasteiger partial charge on any atom is 0.354 e. The molecule has 0 aliphatic carbocycles. The molecule has 0 saturated carbocycles. The van der Waals surface area contributed by atoms with Gasteiger partial charge in [0.2, 0.25) is 0 Å². The number of hydrogen-bond donors (Lipinski definition) is 2. The molecule has 0 unspecified atom stereocenters. The molecule has 0 radical (unpaired) electrons. The molecule has 0 bridgehead atoms. The van der Waals surface area contributed by atoms with Crippen molar-refractivity contribution in [1.29, 1.82) is 0 Å². The van der Waals surface area contributed by atoms with E-state index in [9.17, 15) is 4.79 Å². The molecule has 2 N–H and O–H groups in total. The van der Waals surface area contributed by atoms with Gasteiger partial charge in [0.25, 0.3) is 0 Å². The Bertz CT molecular complexity index is 599. The van der Waals surface area contributed by atoms with Crippen LogP contribution in [0.4, 0.5) is 11.5 Å². The number of nitrogens with one attached hydrogen (secondary N) is 1. The van der Waals surface area contributed by atoms with Crippen LogP contribution in [0, 0.1) is 0 Å². The molecule has 0 atom stereocenters. The van der Waals surface area contributed by atoms with Gasteiger partial charge in [0.05, 0.1) is 0 Å². The fourth-order valence-electron chi connectivity index (χ4n) is 1.51. The van der Waals surface area contributed by atoms with Crippen LogP contribution in [-0.2, 0) is 6.42 Å². The average Bonchev–Trinajstić information content (AvgIpc) is 2.41. The molecule has 5 nitrogen and oxygen atoms in total. The monoisotopic (exact) mass is 277 g/mol. The fourth-order valence-corrected chi connectivity index (χ4v) is 1.64. The van der Waals surface area contributed by atoms with E-state index in [1.54, 1.807) is 24.3 Å². The summed E-state index contributed by atoms with van der Waals surface area (Å²) in [5.41, 5.74) is 0.754. The van der Waals surface area contributed by atoms with Gasteiger partial charge in [-0.1, -0.05) is 18.5 Å². The van der Waals surface area contributed by atoms with Gasteiger partial charge in [-0.15, -0.1) is 0 Å². The Kier molecular flexibility index (Phi) is 3.97. The number of benzene rings is 1. The van der Waals surface area contributed by atoms with Gasteiger partial charge in [0.15, 0.2) is 5.69 Å². The van der Waals surface area contributed by atoms with Gasteiger partial charge < -0.3 is 10.4 Å². The Hall–Kier alpha value is -2.14. The molecule has 0 aliphatic heterocycles. The van der Waals surface area contributed by atoms with Gasteiger partial charge in [-0.25, -0.2) is 14.8 Å². The van der Waals surface area contributed by atoms with Crippen LogP contribution in [0.1, 0.15) is 23.2 Å². The topological polar surface area (TPSA) is 75.1 Å². The lowest BCUT2D eigenvalue weighted by molar-refractivity contribution is 0.0690. The summed E-state index contributed by atoms with van der Waals surface area (Å²) in [7, 11) is 0. The number of halogens is 1. The van der Waals surface area contributed by atoms with Crippen LogP contribution in [0.5, 0.6) is 0 Å². The Morgan fingerprint density at radius 3 is 2.58 bits per heavy atom. The summed E-state index contributed by atoms with van der Waals surface area (Å²) in [6.45, 7) is 1.87. The van der Waals surface area contributed by atoms with Crippen molar-refractivity contribution < 1.29 is 9.90 Å². The van der Waals surface area contributed by atoms with Gasteiger partial charge >= 0.3 is 5.97 Å². The van der Waals surface area contributed by atoms with Crippen molar-refractivity contribution >= 4 is 29.1 Å². The van der Waals surface area contributed by atoms with Crippen LogP contribution in [0.3, 0.4) is 0 Å². The van der Waals surface area contributed by atoms with E-state index in [1.165, 1.54) is 6.07 Å². The van der Waals surface area contributed by atoms with Gasteiger partial charge in [-0.2, -0.15) is 0 Å². The molecular weight excluding hydrogens is 266 g/mol. The zero-order valence-corrected chi connectivity index (χ0v) is 11.0. The number of aromatic nitrogens is 2. The minimum absolute atomic E-state index is 0.0247. The summed E-state index contributed by atoms with van der Waals surface area (Å²) in [4.78, 5) is 19.2. The van der Waals surface area contributed by atoms with Gasteiger partial charge in [-0.3, -0.25) is 0 Å². The summed E-state index contributed by atoms with van der Waals surface area (Å²) in [6.07, 6.45) is 0.566. The molecule has 98 valence electrons. The Morgan fingerprint density at radius 1 is 1.32 bits per heavy atom. The second-order valence-corrected chi connectivity index (χ2v) is 4.28. The molecule has 0 saturated heterocycles. The Balaban J connectivity index is 2.31. The maximum atomic E-state index is 11.0. The van der Waals surface area contributed by atoms with E-state index < -0.39 is 5.97 Å². The van der Waals surface area contributed by atoms with Crippen LogP contribution in [0.15, 0.2) is 30.3 Å². The van der Waals surface area contributed by atoms with E-state index in [0.717, 1.165) is 5.69 Å².